The van der Waals surface area contributed by atoms with Gasteiger partial charge in [0.1, 0.15) is 17.6 Å². The van der Waals surface area contributed by atoms with E-state index < -0.39 is 17.9 Å². The average Bonchev–Trinajstić information content (AvgIpc) is 2.38. The number of nitrogens with zero attached hydrogens (tertiary/aromatic N) is 2. The van der Waals surface area contributed by atoms with Gasteiger partial charge in [-0.25, -0.2) is 14.8 Å². The Balaban J connectivity index is 3.00. The summed E-state index contributed by atoms with van der Waals surface area (Å²) in [7, 11) is 0. The number of rotatable bonds is 5. The van der Waals surface area contributed by atoms with Gasteiger partial charge in [0, 0.05) is 12.3 Å². The van der Waals surface area contributed by atoms with Gasteiger partial charge in [-0.1, -0.05) is 25.4 Å². The summed E-state index contributed by atoms with van der Waals surface area (Å²) >= 11 is 5.86. The number of carbonyl (C=O) groups excluding carboxylic acids is 1. The second-order valence-corrected chi connectivity index (χ2v) is 4.76. The first kappa shape index (κ1) is 15.9. The third-order valence-electron chi connectivity index (χ3n) is 2.42. The third-order valence-corrected chi connectivity index (χ3v) is 2.70. The number of carboxylic acids is 1. The second-order valence-electron chi connectivity index (χ2n) is 4.35. The average molecular weight is 296 g/mol. The predicted molar refractivity (Wildman–Crippen MR) is 73.5 cm³/mol. The molecular weight excluding hydrogens is 282 g/mol. The van der Waals surface area contributed by atoms with Gasteiger partial charge in [0.2, 0.25) is 0 Å². The SMILES string of the molecule is C#CCC(NC(=O)c1nc(C(C)C)ncc1Cl)C(=O)O. The van der Waals surface area contributed by atoms with Crippen LogP contribution in [-0.4, -0.2) is 33.0 Å². The van der Waals surface area contributed by atoms with Gasteiger partial charge in [-0.05, 0) is 0 Å². The molecule has 0 radical (unpaired) electrons. The lowest BCUT2D eigenvalue weighted by molar-refractivity contribution is -0.139. The third kappa shape index (κ3) is 3.93. The molecule has 0 aliphatic carbocycles. The highest BCUT2D eigenvalue weighted by Crippen LogP contribution is 2.16. The van der Waals surface area contributed by atoms with Gasteiger partial charge < -0.3 is 10.4 Å². The van der Waals surface area contributed by atoms with Crippen LogP contribution >= 0.6 is 11.6 Å². The van der Waals surface area contributed by atoms with E-state index in [4.69, 9.17) is 23.1 Å². The number of carbonyl (C=O) groups is 2. The van der Waals surface area contributed by atoms with Crippen LogP contribution in [0.1, 0.15) is 42.5 Å². The van der Waals surface area contributed by atoms with Gasteiger partial charge in [0.15, 0.2) is 0 Å². The highest BCUT2D eigenvalue weighted by Gasteiger charge is 2.22. The Labute approximate surface area is 121 Å². The fourth-order valence-electron chi connectivity index (χ4n) is 1.36. The highest BCUT2D eigenvalue weighted by molar-refractivity contribution is 6.33. The summed E-state index contributed by atoms with van der Waals surface area (Å²) in [5.41, 5.74) is -0.0614. The Morgan fingerprint density at radius 1 is 1.55 bits per heavy atom. The van der Waals surface area contributed by atoms with Crippen LogP contribution in [0.2, 0.25) is 5.02 Å². The summed E-state index contributed by atoms with van der Waals surface area (Å²) in [6, 6.07) is -1.18. The predicted octanol–water partition coefficient (Wildman–Crippen LogP) is 1.46. The van der Waals surface area contributed by atoms with Crippen molar-refractivity contribution in [2.24, 2.45) is 0 Å². The molecule has 1 heterocycles. The molecule has 0 fully saturated rings. The number of aliphatic carboxylic acids is 1. The fourth-order valence-corrected chi connectivity index (χ4v) is 1.54. The molecule has 0 aliphatic rings. The molecule has 1 amide bonds. The normalized spacial score (nSPS) is 11.8. The van der Waals surface area contributed by atoms with Gasteiger partial charge in [-0.15, -0.1) is 12.3 Å². The lowest BCUT2D eigenvalue weighted by Gasteiger charge is -2.13. The maximum absolute atomic E-state index is 12.0. The van der Waals surface area contributed by atoms with E-state index in [0.29, 0.717) is 5.82 Å². The quantitative estimate of drug-likeness (QED) is 0.802. The van der Waals surface area contributed by atoms with E-state index in [1.807, 2.05) is 13.8 Å². The largest absolute Gasteiger partial charge is 0.480 e. The maximum Gasteiger partial charge on any atom is 0.327 e. The molecule has 0 aliphatic heterocycles. The standard InChI is InChI=1S/C13H14ClN3O3/c1-4-5-9(13(19)20)16-12(18)10-8(14)6-15-11(17-10)7(2)3/h1,6-7,9H,5H2,2-3H3,(H,16,18)(H,19,20). The Bertz CT molecular complexity index is 566. The monoisotopic (exact) mass is 295 g/mol. The molecule has 7 heteroatoms. The Hall–Kier alpha value is -2.13. The zero-order valence-corrected chi connectivity index (χ0v) is 11.8. The first-order valence-corrected chi connectivity index (χ1v) is 6.24. The van der Waals surface area contributed by atoms with Crippen molar-refractivity contribution in [3.63, 3.8) is 0 Å². The van der Waals surface area contributed by atoms with Gasteiger partial charge in [-0.3, -0.25) is 4.79 Å². The zero-order chi connectivity index (χ0) is 15.3. The van der Waals surface area contributed by atoms with Crippen molar-refractivity contribution in [1.29, 1.82) is 0 Å². The van der Waals surface area contributed by atoms with E-state index >= 15 is 0 Å². The molecule has 0 spiro atoms. The van der Waals surface area contributed by atoms with Crippen LogP contribution < -0.4 is 5.32 Å². The van der Waals surface area contributed by atoms with E-state index in [-0.39, 0.29) is 23.1 Å². The van der Waals surface area contributed by atoms with Crippen molar-refractivity contribution >= 4 is 23.5 Å². The second kappa shape index (κ2) is 6.87. The number of carboxylic acid groups (broad SMARTS) is 1. The molecule has 1 unspecified atom stereocenters. The molecular formula is C13H14ClN3O3. The summed E-state index contributed by atoms with van der Waals surface area (Å²) in [5.74, 6) is 0.740. The number of amides is 1. The Morgan fingerprint density at radius 3 is 2.70 bits per heavy atom. The summed E-state index contributed by atoms with van der Waals surface area (Å²) in [6.45, 7) is 3.73. The molecule has 1 atom stereocenters. The van der Waals surface area contributed by atoms with E-state index in [1.54, 1.807) is 0 Å². The van der Waals surface area contributed by atoms with E-state index in [9.17, 15) is 9.59 Å². The molecule has 0 aromatic carbocycles. The summed E-state index contributed by atoms with van der Waals surface area (Å²) < 4.78 is 0. The van der Waals surface area contributed by atoms with Crippen molar-refractivity contribution in [1.82, 2.24) is 15.3 Å². The minimum absolute atomic E-state index is 0.0137. The lowest BCUT2D eigenvalue weighted by atomic mass is 10.2. The van der Waals surface area contributed by atoms with E-state index in [0.717, 1.165) is 0 Å². The van der Waals surface area contributed by atoms with Crippen LogP contribution in [-0.2, 0) is 4.79 Å². The number of nitrogens with one attached hydrogen (secondary N) is 1. The van der Waals surface area contributed by atoms with E-state index in [2.05, 4.69) is 21.2 Å². The molecule has 1 aromatic rings. The molecule has 2 N–H and O–H groups in total. The van der Waals surface area contributed by atoms with Crippen LogP contribution in [0, 0.1) is 12.3 Å². The van der Waals surface area contributed by atoms with Gasteiger partial charge >= 0.3 is 5.97 Å². The number of terminal acetylenes is 1. The minimum Gasteiger partial charge on any atom is -0.480 e. The first-order chi connectivity index (χ1) is 9.36. The van der Waals surface area contributed by atoms with Crippen molar-refractivity contribution in [3.8, 4) is 12.3 Å². The lowest BCUT2D eigenvalue weighted by Crippen LogP contribution is -2.41. The number of hydrogen-bond acceptors (Lipinski definition) is 4. The smallest absolute Gasteiger partial charge is 0.327 e. The molecule has 0 saturated heterocycles. The minimum atomic E-state index is -1.22. The highest BCUT2D eigenvalue weighted by atomic mass is 35.5. The summed E-state index contributed by atoms with van der Waals surface area (Å²) in [4.78, 5) is 31.0. The van der Waals surface area contributed by atoms with Gasteiger partial charge in [0.05, 0.1) is 11.2 Å². The maximum atomic E-state index is 12.0. The van der Waals surface area contributed by atoms with Crippen LogP contribution in [0.5, 0.6) is 0 Å². The molecule has 1 aromatic heterocycles. The van der Waals surface area contributed by atoms with Crippen molar-refractivity contribution in [3.05, 3.63) is 22.7 Å². The van der Waals surface area contributed by atoms with Gasteiger partial charge in [-0.2, -0.15) is 0 Å². The number of hydrogen-bond donors (Lipinski definition) is 2. The molecule has 20 heavy (non-hydrogen) atoms. The zero-order valence-electron chi connectivity index (χ0n) is 11.1. The molecule has 106 valence electrons. The Kier molecular flexibility index (Phi) is 5.47. The van der Waals surface area contributed by atoms with Crippen molar-refractivity contribution in [2.45, 2.75) is 32.2 Å². The Morgan fingerprint density at radius 2 is 2.20 bits per heavy atom. The first-order valence-electron chi connectivity index (χ1n) is 5.86. The fraction of sp³-hybridized carbons (Fsp3) is 0.385. The van der Waals surface area contributed by atoms with Crippen LogP contribution in [0.25, 0.3) is 0 Å². The van der Waals surface area contributed by atoms with E-state index in [1.165, 1.54) is 6.20 Å². The number of aromatic nitrogens is 2. The molecule has 0 bridgehead atoms. The van der Waals surface area contributed by atoms with Crippen molar-refractivity contribution in [2.75, 3.05) is 0 Å². The van der Waals surface area contributed by atoms with Gasteiger partial charge in [0.25, 0.3) is 5.91 Å². The summed E-state index contributed by atoms with van der Waals surface area (Å²) in [5, 5.41) is 11.3. The molecule has 0 saturated carbocycles. The molecule has 6 nitrogen and oxygen atoms in total. The summed E-state index contributed by atoms with van der Waals surface area (Å²) in [6.07, 6.45) is 6.25. The van der Waals surface area contributed by atoms with Crippen LogP contribution in [0.4, 0.5) is 0 Å². The molecule has 1 rings (SSSR count). The topological polar surface area (TPSA) is 92.2 Å². The van der Waals surface area contributed by atoms with Crippen molar-refractivity contribution < 1.29 is 14.7 Å². The number of halogens is 1. The van der Waals surface area contributed by atoms with Crippen LogP contribution in [0.15, 0.2) is 6.20 Å². The van der Waals surface area contributed by atoms with Crippen LogP contribution in [0.3, 0.4) is 0 Å².